The van der Waals surface area contributed by atoms with Crippen molar-refractivity contribution < 1.29 is 15.0 Å². The lowest BCUT2D eigenvalue weighted by Gasteiger charge is -2.46. The first-order chi connectivity index (χ1) is 9.04. The fraction of sp³-hybridized carbons (Fsp3) is 0.533. The molecule has 4 nitrogen and oxygen atoms in total. The Morgan fingerprint density at radius 3 is 2.58 bits per heavy atom. The second kappa shape index (κ2) is 5.61. The number of carbonyl (C=O) groups is 1. The molecule has 1 aliphatic heterocycles. The lowest BCUT2D eigenvalue weighted by atomic mass is 9.84. The molecule has 2 atom stereocenters. The van der Waals surface area contributed by atoms with Crippen molar-refractivity contribution in [3.05, 3.63) is 29.8 Å². The number of phenolic OH excluding ortho intramolecular Hbond substituents is 1. The number of phenols is 1. The van der Waals surface area contributed by atoms with Crippen LogP contribution in [0.2, 0.25) is 0 Å². The maximum Gasteiger partial charge on any atom is 0.306 e. The van der Waals surface area contributed by atoms with E-state index in [1.165, 1.54) is 0 Å². The number of aliphatic carboxylic acids is 1. The minimum Gasteiger partial charge on any atom is -0.508 e. The number of carboxylic acid groups (broad SMARTS) is 1. The Bertz CT molecular complexity index is 454. The standard InChI is InChI=1S/C15H21NO3/c1-3-13(12-6-4-5-7-14(12)17)16-8-11(9-16)10(2)15(18)19/h4-7,10-11,13,17H,3,8-9H2,1-2H3,(H,18,19). The van der Waals surface area contributed by atoms with Crippen LogP contribution in [0.4, 0.5) is 0 Å². The summed E-state index contributed by atoms with van der Waals surface area (Å²) in [7, 11) is 0. The third kappa shape index (κ3) is 2.73. The fourth-order valence-corrected chi connectivity index (χ4v) is 2.77. The number of nitrogens with zero attached hydrogens (tertiary/aromatic N) is 1. The number of hydrogen-bond donors (Lipinski definition) is 2. The van der Waals surface area contributed by atoms with Crippen molar-refractivity contribution >= 4 is 5.97 Å². The molecule has 2 N–H and O–H groups in total. The van der Waals surface area contributed by atoms with Gasteiger partial charge in [-0.1, -0.05) is 32.0 Å². The molecule has 1 aromatic rings. The van der Waals surface area contributed by atoms with Crippen molar-refractivity contribution in [2.75, 3.05) is 13.1 Å². The van der Waals surface area contributed by atoms with Crippen LogP contribution in [-0.2, 0) is 4.79 Å². The summed E-state index contributed by atoms with van der Waals surface area (Å²) >= 11 is 0. The number of rotatable bonds is 5. The van der Waals surface area contributed by atoms with E-state index in [-0.39, 0.29) is 17.9 Å². The van der Waals surface area contributed by atoms with Gasteiger partial charge in [-0.25, -0.2) is 0 Å². The Labute approximate surface area is 113 Å². The summed E-state index contributed by atoms with van der Waals surface area (Å²) in [6.45, 7) is 5.44. The zero-order chi connectivity index (χ0) is 14.0. The number of carboxylic acids is 1. The molecule has 1 saturated heterocycles. The highest BCUT2D eigenvalue weighted by atomic mass is 16.4. The molecule has 0 aromatic heterocycles. The van der Waals surface area contributed by atoms with Crippen LogP contribution in [-0.4, -0.2) is 34.2 Å². The van der Waals surface area contributed by atoms with Gasteiger partial charge in [0, 0.05) is 24.7 Å². The Balaban J connectivity index is 2.03. The van der Waals surface area contributed by atoms with Gasteiger partial charge in [0.2, 0.25) is 0 Å². The van der Waals surface area contributed by atoms with E-state index in [9.17, 15) is 9.90 Å². The predicted molar refractivity (Wildman–Crippen MR) is 73.0 cm³/mol. The zero-order valence-electron chi connectivity index (χ0n) is 11.4. The summed E-state index contributed by atoms with van der Waals surface area (Å²) in [5, 5.41) is 18.9. The third-order valence-electron chi connectivity index (χ3n) is 4.16. The molecule has 1 heterocycles. The topological polar surface area (TPSA) is 60.8 Å². The zero-order valence-corrected chi connectivity index (χ0v) is 11.4. The molecule has 1 fully saturated rings. The van der Waals surface area contributed by atoms with E-state index < -0.39 is 5.97 Å². The summed E-state index contributed by atoms with van der Waals surface area (Å²) in [5.41, 5.74) is 0.937. The summed E-state index contributed by atoms with van der Waals surface area (Å²) in [6, 6.07) is 7.57. The Kier molecular flexibility index (Phi) is 4.10. The quantitative estimate of drug-likeness (QED) is 0.857. The summed E-state index contributed by atoms with van der Waals surface area (Å²) < 4.78 is 0. The first-order valence-electron chi connectivity index (χ1n) is 6.79. The van der Waals surface area contributed by atoms with Gasteiger partial charge in [-0.3, -0.25) is 9.69 Å². The average Bonchev–Trinajstić information content (AvgIpc) is 2.33. The summed E-state index contributed by atoms with van der Waals surface area (Å²) in [5.74, 6) is -0.472. The summed E-state index contributed by atoms with van der Waals surface area (Å²) in [4.78, 5) is 13.2. The maximum atomic E-state index is 10.9. The number of benzene rings is 1. The van der Waals surface area contributed by atoms with E-state index in [1.54, 1.807) is 13.0 Å². The molecule has 0 bridgehead atoms. The Morgan fingerprint density at radius 1 is 1.42 bits per heavy atom. The number of likely N-dealkylation sites (tertiary alicyclic amines) is 1. The molecule has 0 aliphatic carbocycles. The van der Waals surface area contributed by atoms with Crippen LogP contribution in [0, 0.1) is 11.8 Å². The van der Waals surface area contributed by atoms with Crippen molar-refractivity contribution in [1.82, 2.24) is 4.90 Å². The van der Waals surface area contributed by atoms with Crippen LogP contribution < -0.4 is 0 Å². The highest BCUT2D eigenvalue weighted by Gasteiger charge is 2.38. The second-order valence-corrected chi connectivity index (χ2v) is 5.32. The molecule has 2 rings (SSSR count). The number of hydrogen-bond acceptors (Lipinski definition) is 3. The normalized spacial score (nSPS) is 19.7. The molecule has 4 heteroatoms. The summed E-state index contributed by atoms with van der Waals surface area (Å²) in [6.07, 6.45) is 0.908. The van der Waals surface area contributed by atoms with Gasteiger partial charge in [0.05, 0.1) is 5.92 Å². The lowest BCUT2D eigenvalue weighted by molar-refractivity contribution is -0.146. The second-order valence-electron chi connectivity index (χ2n) is 5.32. The van der Waals surface area contributed by atoms with Gasteiger partial charge in [-0.05, 0) is 18.4 Å². The minimum atomic E-state index is -0.722. The average molecular weight is 263 g/mol. The highest BCUT2D eigenvalue weighted by Crippen LogP contribution is 2.37. The SMILES string of the molecule is CCC(c1ccccc1O)N1CC(C(C)C(=O)O)C1. The molecule has 0 spiro atoms. The molecular weight excluding hydrogens is 242 g/mol. The van der Waals surface area contributed by atoms with E-state index in [0.717, 1.165) is 25.1 Å². The van der Waals surface area contributed by atoms with Gasteiger partial charge in [-0.15, -0.1) is 0 Å². The van der Waals surface area contributed by atoms with Crippen LogP contribution in [0.1, 0.15) is 31.9 Å². The van der Waals surface area contributed by atoms with Crippen LogP contribution in [0.25, 0.3) is 0 Å². The van der Waals surface area contributed by atoms with Gasteiger partial charge in [0.1, 0.15) is 5.75 Å². The van der Waals surface area contributed by atoms with Gasteiger partial charge in [0.25, 0.3) is 0 Å². The van der Waals surface area contributed by atoms with E-state index in [0.29, 0.717) is 5.75 Å². The lowest BCUT2D eigenvalue weighted by Crippen LogP contribution is -2.52. The van der Waals surface area contributed by atoms with Gasteiger partial charge in [0.15, 0.2) is 0 Å². The van der Waals surface area contributed by atoms with E-state index in [1.807, 2.05) is 18.2 Å². The minimum absolute atomic E-state index is 0.179. The van der Waals surface area contributed by atoms with Crippen LogP contribution >= 0.6 is 0 Å². The van der Waals surface area contributed by atoms with Crippen LogP contribution in [0.3, 0.4) is 0 Å². The monoisotopic (exact) mass is 263 g/mol. The van der Waals surface area contributed by atoms with E-state index >= 15 is 0 Å². The number of para-hydroxylation sites is 1. The molecule has 0 radical (unpaired) electrons. The molecule has 19 heavy (non-hydrogen) atoms. The molecule has 0 saturated carbocycles. The first kappa shape index (κ1) is 13.9. The van der Waals surface area contributed by atoms with Crippen LogP contribution in [0.5, 0.6) is 5.75 Å². The molecule has 2 unspecified atom stereocenters. The largest absolute Gasteiger partial charge is 0.508 e. The Hall–Kier alpha value is -1.55. The third-order valence-corrected chi connectivity index (χ3v) is 4.16. The van der Waals surface area contributed by atoms with E-state index in [2.05, 4.69) is 11.8 Å². The number of aromatic hydroxyl groups is 1. The Morgan fingerprint density at radius 2 is 2.05 bits per heavy atom. The maximum absolute atomic E-state index is 10.9. The molecule has 0 amide bonds. The predicted octanol–water partition coefficient (Wildman–Crippen LogP) is 2.50. The van der Waals surface area contributed by atoms with Gasteiger partial charge < -0.3 is 10.2 Å². The smallest absolute Gasteiger partial charge is 0.306 e. The van der Waals surface area contributed by atoms with Crippen molar-refractivity contribution in [1.29, 1.82) is 0 Å². The van der Waals surface area contributed by atoms with Crippen molar-refractivity contribution in [3.8, 4) is 5.75 Å². The molecule has 1 aliphatic rings. The van der Waals surface area contributed by atoms with E-state index in [4.69, 9.17) is 5.11 Å². The first-order valence-corrected chi connectivity index (χ1v) is 6.79. The van der Waals surface area contributed by atoms with Crippen molar-refractivity contribution in [2.24, 2.45) is 11.8 Å². The molecule has 104 valence electrons. The van der Waals surface area contributed by atoms with Crippen LogP contribution in [0.15, 0.2) is 24.3 Å². The molecular formula is C15H21NO3. The van der Waals surface area contributed by atoms with Crippen molar-refractivity contribution in [3.63, 3.8) is 0 Å². The molecule has 1 aromatic carbocycles. The van der Waals surface area contributed by atoms with Gasteiger partial charge in [-0.2, -0.15) is 0 Å². The van der Waals surface area contributed by atoms with Crippen molar-refractivity contribution in [2.45, 2.75) is 26.3 Å². The van der Waals surface area contributed by atoms with Gasteiger partial charge >= 0.3 is 5.97 Å². The highest BCUT2D eigenvalue weighted by molar-refractivity contribution is 5.70. The fourth-order valence-electron chi connectivity index (χ4n) is 2.77.